The maximum atomic E-state index is 12.2. The zero-order valence-electron chi connectivity index (χ0n) is 15.0. The Balaban J connectivity index is 1.63. The number of nitriles is 1. The summed E-state index contributed by atoms with van der Waals surface area (Å²) in [6.45, 7) is 0.306. The summed E-state index contributed by atoms with van der Waals surface area (Å²) in [6, 6.07) is 21.4. The van der Waals surface area contributed by atoms with Gasteiger partial charge in [-0.1, -0.05) is 36.4 Å². The van der Waals surface area contributed by atoms with Gasteiger partial charge in [0.05, 0.1) is 18.2 Å². The number of amides is 1. The molecule has 0 saturated carbocycles. The van der Waals surface area contributed by atoms with Crippen LogP contribution in [0.1, 0.15) is 16.9 Å². The number of nitrogens with zero attached hydrogens (tertiary/aromatic N) is 3. The Morgan fingerprint density at radius 1 is 1.07 bits per heavy atom. The molecule has 6 nitrogen and oxygen atoms in total. The van der Waals surface area contributed by atoms with Crippen molar-refractivity contribution < 1.29 is 4.79 Å². The summed E-state index contributed by atoms with van der Waals surface area (Å²) < 4.78 is 0. The summed E-state index contributed by atoms with van der Waals surface area (Å²) in [5, 5.41) is 12.2. The van der Waals surface area contributed by atoms with E-state index in [0.717, 1.165) is 27.9 Å². The molecule has 6 heteroatoms. The summed E-state index contributed by atoms with van der Waals surface area (Å²) in [6.07, 6.45) is 2.01. The summed E-state index contributed by atoms with van der Waals surface area (Å²) in [5.74, 6) is -0.292. The van der Waals surface area contributed by atoms with E-state index in [9.17, 15) is 4.79 Å². The molecule has 0 radical (unpaired) electrons. The number of H-pyrrole nitrogens is 1. The largest absolute Gasteiger partial charge is 0.350 e. The fourth-order valence-corrected chi connectivity index (χ4v) is 2.97. The van der Waals surface area contributed by atoms with Gasteiger partial charge in [0.1, 0.15) is 11.3 Å². The molecule has 0 spiro atoms. The molecule has 0 aliphatic carbocycles. The normalized spacial score (nSPS) is 10.5. The van der Waals surface area contributed by atoms with E-state index in [1.54, 1.807) is 18.3 Å². The van der Waals surface area contributed by atoms with Crippen molar-refractivity contribution in [3.8, 4) is 28.6 Å². The van der Waals surface area contributed by atoms with Crippen LogP contribution in [0.25, 0.3) is 33.5 Å². The van der Waals surface area contributed by atoms with Gasteiger partial charge in [0.25, 0.3) is 5.91 Å². The SMILES string of the molecule is N#CCCNC(=O)c1cccc(-c2cnc3[nH]c(-c4ccccc4)cc3c2)n1. The number of benzene rings is 1. The van der Waals surface area contributed by atoms with Crippen LogP contribution in [0.2, 0.25) is 0 Å². The van der Waals surface area contributed by atoms with Gasteiger partial charge in [0.15, 0.2) is 0 Å². The van der Waals surface area contributed by atoms with Gasteiger partial charge in [-0.3, -0.25) is 4.79 Å². The molecule has 0 aliphatic heterocycles. The molecule has 3 aromatic heterocycles. The van der Waals surface area contributed by atoms with Crippen molar-refractivity contribution >= 4 is 16.9 Å². The van der Waals surface area contributed by atoms with Crippen LogP contribution in [0.15, 0.2) is 66.9 Å². The summed E-state index contributed by atoms with van der Waals surface area (Å²) >= 11 is 0. The topological polar surface area (TPSA) is 94.5 Å². The summed E-state index contributed by atoms with van der Waals surface area (Å²) in [4.78, 5) is 24.5. The van der Waals surface area contributed by atoms with Crippen LogP contribution in [0.4, 0.5) is 0 Å². The van der Waals surface area contributed by atoms with Gasteiger partial charge >= 0.3 is 0 Å². The summed E-state index contributed by atoms with van der Waals surface area (Å²) in [5.41, 5.74) is 4.71. The van der Waals surface area contributed by atoms with Crippen molar-refractivity contribution in [3.05, 3.63) is 72.6 Å². The van der Waals surface area contributed by atoms with E-state index >= 15 is 0 Å². The van der Waals surface area contributed by atoms with Crippen LogP contribution in [0, 0.1) is 11.3 Å². The maximum absolute atomic E-state index is 12.2. The van der Waals surface area contributed by atoms with E-state index in [1.165, 1.54) is 0 Å². The Morgan fingerprint density at radius 3 is 2.75 bits per heavy atom. The van der Waals surface area contributed by atoms with Crippen molar-refractivity contribution in [2.24, 2.45) is 0 Å². The van der Waals surface area contributed by atoms with Crippen LogP contribution < -0.4 is 5.32 Å². The Hall–Kier alpha value is -3.98. The Morgan fingerprint density at radius 2 is 1.93 bits per heavy atom. The predicted octanol–water partition coefficient (Wildman–Crippen LogP) is 3.94. The molecule has 4 rings (SSSR count). The lowest BCUT2D eigenvalue weighted by Gasteiger charge is -2.05. The van der Waals surface area contributed by atoms with Crippen molar-refractivity contribution in [1.29, 1.82) is 5.26 Å². The molecule has 136 valence electrons. The average molecular weight is 367 g/mol. The van der Waals surface area contributed by atoms with Crippen LogP contribution in [-0.2, 0) is 0 Å². The number of hydrogen-bond acceptors (Lipinski definition) is 4. The van der Waals surface area contributed by atoms with Gasteiger partial charge in [-0.25, -0.2) is 9.97 Å². The number of fused-ring (bicyclic) bond motifs is 1. The molecule has 2 N–H and O–H groups in total. The van der Waals surface area contributed by atoms with E-state index in [2.05, 4.69) is 26.3 Å². The fraction of sp³-hybridized carbons (Fsp3) is 0.0909. The lowest BCUT2D eigenvalue weighted by Crippen LogP contribution is -2.25. The molecular weight excluding hydrogens is 350 g/mol. The number of pyridine rings is 2. The van der Waals surface area contributed by atoms with Crippen LogP contribution in [-0.4, -0.2) is 27.4 Å². The monoisotopic (exact) mass is 367 g/mol. The zero-order chi connectivity index (χ0) is 19.3. The highest BCUT2D eigenvalue weighted by Crippen LogP contribution is 2.26. The van der Waals surface area contributed by atoms with E-state index in [-0.39, 0.29) is 12.3 Å². The molecule has 3 heterocycles. The van der Waals surface area contributed by atoms with E-state index in [4.69, 9.17) is 5.26 Å². The Kier molecular flexibility index (Phi) is 4.81. The van der Waals surface area contributed by atoms with E-state index in [0.29, 0.717) is 17.9 Å². The molecule has 28 heavy (non-hydrogen) atoms. The first-order chi connectivity index (χ1) is 13.7. The lowest BCUT2D eigenvalue weighted by atomic mass is 10.1. The van der Waals surface area contributed by atoms with Gasteiger partial charge < -0.3 is 10.3 Å². The second kappa shape index (κ2) is 7.72. The third-order valence-electron chi connectivity index (χ3n) is 4.35. The van der Waals surface area contributed by atoms with Crippen LogP contribution in [0.5, 0.6) is 0 Å². The first-order valence-electron chi connectivity index (χ1n) is 8.91. The maximum Gasteiger partial charge on any atom is 0.269 e. The molecule has 0 aliphatic rings. The molecule has 1 amide bonds. The minimum Gasteiger partial charge on any atom is -0.350 e. The van der Waals surface area contributed by atoms with Gasteiger partial charge in [0.2, 0.25) is 0 Å². The average Bonchev–Trinajstić information content (AvgIpc) is 3.18. The van der Waals surface area contributed by atoms with Crippen molar-refractivity contribution in [1.82, 2.24) is 20.3 Å². The minimum atomic E-state index is -0.292. The van der Waals surface area contributed by atoms with Crippen LogP contribution >= 0.6 is 0 Å². The minimum absolute atomic E-state index is 0.267. The third kappa shape index (κ3) is 3.60. The number of nitrogens with one attached hydrogen (secondary N) is 2. The first kappa shape index (κ1) is 17.4. The number of carbonyl (C=O) groups excluding carboxylic acids is 1. The highest BCUT2D eigenvalue weighted by molar-refractivity contribution is 5.93. The fourth-order valence-electron chi connectivity index (χ4n) is 2.97. The highest BCUT2D eigenvalue weighted by atomic mass is 16.1. The second-order valence-electron chi connectivity index (χ2n) is 6.28. The van der Waals surface area contributed by atoms with Crippen molar-refractivity contribution in [3.63, 3.8) is 0 Å². The lowest BCUT2D eigenvalue weighted by molar-refractivity contribution is 0.0949. The highest BCUT2D eigenvalue weighted by Gasteiger charge is 2.10. The van der Waals surface area contributed by atoms with Gasteiger partial charge in [-0.15, -0.1) is 0 Å². The van der Waals surface area contributed by atoms with Crippen molar-refractivity contribution in [2.75, 3.05) is 6.54 Å². The molecule has 1 aromatic carbocycles. The van der Waals surface area contributed by atoms with Gasteiger partial charge in [-0.2, -0.15) is 5.26 Å². The van der Waals surface area contributed by atoms with Crippen LogP contribution in [0.3, 0.4) is 0 Å². The smallest absolute Gasteiger partial charge is 0.269 e. The number of rotatable bonds is 5. The number of hydrogen-bond donors (Lipinski definition) is 2. The molecule has 0 unspecified atom stereocenters. The number of aromatic nitrogens is 3. The number of aromatic amines is 1. The van der Waals surface area contributed by atoms with E-state index < -0.39 is 0 Å². The zero-order valence-corrected chi connectivity index (χ0v) is 15.0. The molecular formula is C22H17N5O. The molecule has 0 fully saturated rings. The first-order valence-corrected chi connectivity index (χ1v) is 8.91. The second-order valence-corrected chi connectivity index (χ2v) is 6.28. The van der Waals surface area contributed by atoms with Gasteiger partial charge in [0, 0.05) is 29.4 Å². The summed E-state index contributed by atoms with van der Waals surface area (Å²) in [7, 11) is 0. The quantitative estimate of drug-likeness (QED) is 0.523. The molecule has 4 aromatic rings. The predicted molar refractivity (Wildman–Crippen MR) is 107 cm³/mol. The van der Waals surface area contributed by atoms with Gasteiger partial charge in [-0.05, 0) is 29.8 Å². The molecule has 0 saturated heterocycles. The Labute approximate surface area is 161 Å². The Bertz CT molecular complexity index is 1170. The third-order valence-corrected chi connectivity index (χ3v) is 4.35. The molecule has 0 bridgehead atoms. The molecule has 0 atom stereocenters. The standard InChI is InChI=1S/C22H17N5O/c23-10-5-11-24-22(28)19-9-4-8-18(26-19)17-12-16-13-20(27-21(16)25-14-17)15-6-2-1-3-7-15/h1-4,6-9,12-14H,5,11H2,(H,24,28)(H,25,27). The van der Waals surface area contributed by atoms with E-state index in [1.807, 2.05) is 48.5 Å². The van der Waals surface area contributed by atoms with Crippen molar-refractivity contribution in [2.45, 2.75) is 6.42 Å². The number of carbonyl (C=O) groups is 1.